The smallest absolute Gasteiger partial charge is 0.335 e. The van der Waals surface area contributed by atoms with Crippen molar-refractivity contribution in [2.24, 2.45) is 0 Å². The zero-order valence-corrected chi connectivity index (χ0v) is 10.7. The van der Waals surface area contributed by atoms with Crippen LogP contribution in [0.1, 0.15) is 15.9 Å². The van der Waals surface area contributed by atoms with E-state index < -0.39 is 11.8 Å². The first-order valence-electron chi connectivity index (χ1n) is 6.14. The predicted octanol–water partition coefficient (Wildman–Crippen LogP) is 3.34. The Balaban J connectivity index is 2.21. The lowest BCUT2D eigenvalue weighted by Crippen LogP contribution is -1.97. The van der Waals surface area contributed by atoms with Crippen molar-refractivity contribution < 1.29 is 14.3 Å². The number of aromatic nitrogens is 1. The molecule has 1 heterocycles. The molecule has 3 rings (SSSR count). The predicted molar refractivity (Wildman–Crippen MR) is 74.9 cm³/mol. The molecular formula is C16H9FN2O2. The van der Waals surface area contributed by atoms with Crippen LogP contribution >= 0.6 is 0 Å². The summed E-state index contributed by atoms with van der Waals surface area (Å²) in [5, 5.41) is 18.6. The second-order valence-electron chi connectivity index (χ2n) is 4.54. The third-order valence-corrected chi connectivity index (χ3v) is 3.28. The van der Waals surface area contributed by atoms with Crippen LogP contribution in [0.15, 0.2) is 48.7 Å². The molecule has 0 saturated heterocycles. The molecule has 3 aromatic rings. The van der Waals surface area contributed by atoms with Gasteiger partial charge in [-0.25, -0.2) is 9.18 Å². The molecule has 0 spiro atoms. The van der Waals surface area contributed by atoms with Crippen molar-refractivity contribution in [2.45, 2.75) is 0 Å². The van der Waals surface area contributed by atoms with Gasteiger partial charge in [-0.2, -0.15) is 5.26 Å². The fourth-order valence-electron chi connectivity index (χ4n) is 2.27. The summed E-state index contributed by atoms with van der Waals surface area (Å²) in [4.78, 5) is 10.9. The third kappa shape index (κ3) is 2.13. The second kappa shape index (κ2) is 4.76. The van der Waals surface area contributed by atoms with Gasteiger partial charge in [-0.15, -0.1) is 0 Å². The lowest BCUT2D eigenvalue weighted by molar-refractivity contribution is 0.0697. The number of nitriles is 1. The molecule has 4 nitrogen and oxygen atoms in total. The van der Waals surface area contributed by atoms with E-state index in [1.807, 2.05) is 6.07 Å². The molecule has 0 amide bonds. The van der Waals surface area contributed by atoms with Crippen molar-refractivity contribution in [2.75, 3.05) is 0 Å². The number of aromatic carboxylic acids is 1. The monoisotopic (exact) mass is 280 g/mol. The van der Waals surface area contributed by atoms with Gasteiger partial charge in [-0.05, 0) is 42.5 Å². The Bertz CT molecular complexity index is 889. The fraction of sp³-hybridized carbons (Fsp3) is 0. The zero-order valence-electron chi connectivity index (χ0n) is 10.7. The van der Waals surface area contributed by atoms with Gasteiger partial charge in [0.25, 0.3) is 0 Å². The normalized spacial score (nSPS) is 10.5. The van der Waals surface area contributed by atoms with Gasteiger partial charge in [0, 0.05) is 17.3 Å². The Morgan fingerprint density at radius 1 is 1.19 bits per heavy atom. The van der Waals surface area contributed by atoms with E-state index in [9.17, 15) is 9.18 Å². The van der Waals surface area contributed by atoms with Crippen LogP contribution in [0.25, 0.3) is 16.6 Å². The number of rotatable bonds is 2. The molecule has 1 aromatic heterocycles. The topological polar surface area (TPSA) is 66.0 Å². The number of benzene rings is 2. The molecule has 21 heavy (non-hydrogen) atoms. The minimum atomic E-state index is -1.00. The molecule has 2 aromatic carbocycles. The Kier molecular flexibility index (Phi) is 2.92. The maximum atomic E-state index is 13.3. The SMILES string of the molecule is N#Cc1cn(-c2ccc(C(=O)O)cc2)c2ccc(F)cc12. The van der Waals surface area contributed by atoms with Crippen LogP contribution < -0.4 is 0 Å². The Hall–Kier alpha value is -3.13. The van der Waals surface area contributed by atoms with Crippen molar-refractivity contribution in [3.05, 3.63) is 65.6 Å². The quantitative estimate of drug-likeness (QED) is 0.782. The molecule has 0 aliphatic heterocycles. The zero-order chi connectivity index (χ0) is 15.0. The van der Waals surface area contributed by atoms with Crippen molar-refractivity contribution >= 4 is 16.9 Å². The number of hydrogen-bond donors (Lipinski definition) is 1. The van der Waals surface area contributed by atoms with E-state index in [2.05, 4.69) is 0 Å². The maximum absolute atomic E-state index is 13.3. The summed E-state index contributed by atoms with van der Waals surface area (Å²) >= 11 is 0. The van der Waals surface area contributed by atoms with Gasteiger partial charge in [0.1, 0.15) is 11.9 Å². The van der Waals surface area contributed by atoms with Gasteiger partial charge < -0.3 is 9.67 Å². The average Bonchev–Trinajstić information content (AvgIpc) is 2.85. The molecule has 1 N–H and O–H groups in total. The molecular weight excluding hydrogens is 271 g/mol. The first-order chi connectivity index (χ1) is 10.1. The van der Waals surface area contributed by atoms with Crippen LogP contribution in [0.3, 0.4) is 0 Å². The van der Waals surface area contributed by atoms with Crippen LogP contribution in [0.5, 0.6) is 0 Å². The minimum absolute atomic E-state index is 0.182. The molecule has 0 saturated carbocycles. The number of nitrogens with zero attached hydrogens (tertiary/aromatic N) is 2. The van der Waals surface area contributed by atoms with E-state index in [0.717, 1.165) is 0 Å². The Morgan fingerprint density at radius 2 is 1.90 bits per heavy atom. The van der Waals surface area contributed by atoms with Gasteiger partial charge in [-0.1, -0.05) is 0 Å². The number of carboxylic acid groups (broad SMARTS) is 1. The van der Waals surface area contributed by atoms with Gasteiger partial charge in [0.05, 0.1) is 16.6 Å². The standard InChI is InChI=1S/C16H9FN2O2/c17-12-3-6-15-14(7-12)11(8-18)9-19(15)13-4-1-10(2-5-13)16(20)21/h1-7,9H,(H,20,21). The third-order valence-electron chi connectivity index (χ3n) is 3.28. The fourth-order valence-corrected chi connectivity index (χ4v) is 2.27. The molecule has 102 valence electrons. The van der Waals surface area contributed by atoms with Crippen molar-refractivity contribution in [1.29, 1.82) is 5.26 Å². The molecule has 0 aliphatic rings. The van der Waals surface area contributed by atoms with Crippen LogP contribution in [-0.4, -0.2) is 15.6 Å². The lowest BCUT2D eigenvalue weighted by atomic mass is 10.2. The number of fused-ring (bicyclic) bond motifs is 1. The summed E-state index contributed by atoms with van der Waals surface area (Å²) in [6.45, 7) is 0. The van der Waals surface area contributed by atoms with E-state index in [1.165, 1.54) is 24.3 Å². The highest BCUT2D eigenvalue weighted by molar-refractivity contribution is 5.89. The summed E-state index contributed by atoms with van der Waals surface area (Å²) in [5.74, 6) is -1.41. The summed E-state index contributed by atoms with van der Waals surface area (Å²) in [6, 6.07) is 12.5. The summed E-state index contributed by atoms with van der Waals surface area (Å²) < 4.78 is 15.1. The van der Waals surface area contributed by atoms with Crippen LogP contribution in [-0.2, 0) is 0 Å². The molecule has 0 aliphatic carbocycles. The van der Waals surface area contributed by atoms with E-state index in [4.69, 9.17) is 10.4 Å². The number of halogens is 1. The molecule has 0 bridgehead atoms. The summed E-state index contributed by atoms with van der Waals surface area (Å²) in [5.41, 5.74) is 1.95. The highest BCUT2D eigenvalue weighted by atomic mass is 19.1. The number of carboxylic acids is 1. The van der Waals surface area contributed by atoms with Gasteiger partial charge >= 0.3 is 5.97 Å². The summed E-state index contributed by atoms with van der Waals surface area (Å²) in [6.07, 6.45) is 1.61. The van der Waals surface area contributed by atoms with Crippen LogP contribution in [0.4, 0.5) is 4.39 Å². The molecule has 0 radical (unpaired) electrons. The summed E-state index contributed by atoms with van der Waals surface area (Å²) in [7, 11) is 0. The van der Waals surface area contributed by atoms with Crippen molar-refractivity contribution in [1.82, 2.24) is 4.57 Å². The molecule has 0 atom stereocenters. The van der Waals surface area contributed by atoms with E-state index in [0.29, 0.717) is 22.2 Å². The highest BCUT2D eigenvalue weighted by Gasteiger charge is 2.11. The van der Waals surface area contributed by atoms with Crippen molar-refractivity contribution in [3.63, 3.8) is 0 Å². The number of hydrogen-bond acceptors (Lipinski definition) is 2. The first kappa shape index (κ1) is 12.9. The Labute approximate surface area is 119 Å². The van der Waals surface area contributed by atoms with Crippen LogP contribution in [0, 0.1) is 17.1 Å². The number of carbonyl (C=O) groups is 1. The first-order valence-corrected chi connectivity index (χ1v) is 6.14. The minimum Gasteiger partial charge on any atom is -0.478 e. The molecule has 5 heteroatoms. The van der Waals surface area contributed by atoms with Gasteiger partial charge in [0.15, 0.2) is 0 Å². The Morgan fingerprint density at radius 3 is 2.52 bits per heavy atom. The lowest BCUT2D eigenvalue weighted by Gasteiger charge is -2.05. The highest BCUT2D eigenvalue weighted by Crippen LogP contribution is 2.25. The van der Waals surface area contributed by atoms with Gasteiger partial charge in [-0.3, -0.25) is 0 Å². The van der Waals surface area contributed by atoms with Crippen LogP contribution in [0.2, 0.25) is 0 Å². The second-order valence-corrected chi connectivity index (χ2v) is 4.54. The average molecular weight is 280 g/mol. The maximum Gasteiger partial charge on any atom is 0.335 e. The molecule has 0 unspecified atom stereocenters. The van der Waals surface area contributed by atoms with Crippen molar-refractivity contribution in [3.8, 4) is 11.8 Å². The van der Waals surface area contributed by atoms with E-state index in [-0.39, 0.29) is 5.56 Å². The van der Waals surface area contributed by atoms with E-state index >= 15 is 0 Å². The van der Waals surface area contributed by atoms with Gasteiger partial charge in [0.2, 0.25) is 0 Å². The van der Waals surface area contributed by atoms with E-state index in [1.54, 1.807) is 29.0 Å². The largest absolute Gasteiger partial charge is 0.478 e. The molecule has 0 fully saturated rings.